The monoisotopic (exact) mass is 363 g/mol. The maximum Gasteiger partial charge on any atom is 0.224 e. The molecule has 6 heteroatoms. The molecule has 1 saturated carbocycles. The van der Waals surface area contributed by atoms with E-state index in [1.165, 1.54) is 19.0 Å². The summed E-state index contributed by atoms with van der Waals surface area (Å²) < 4.78 is 0. The van der Waals surface area contributed by atoms with E-state index >= 15 is 0 Å². The molecule has 1 aliphatic carbocycles. The predicted molar refractivity (Wildman–Crippen MR) is 96.4 cm³/mol. The highest BCUT2D eigenvalue weighted by molar-refractivity contribution is 6.33. The molecule has 4 nitrogen and oxygen atoms in total. The van der Waals surface area contributed by atoms with Crippen LogP contribution < -0.4 is 5.32 Å². The van der Waals surface area contributed by atoms with E-state index in [2.05, 4.69) is 15.3 Å². The molecule has 1 fully saturated rings. The number of rotatable bonds is 6. The van der Waals surface area contributed by atoms with Crippen LogP contribution in [-0.2, 0) is 4.79 Å². The maximum atomic E-state index is 12.9. The lowest BCUT2D eigenvalue weighted by atomic mass is 9.93. The first-order chi connectivity index (χ1) is 11.6. The molecule has 24 heavy (non-hydrogen) atoms. The standard InChI is InChI=1S/C18H19Cl2N3O/c19-14-11-21-18(20)23-17(14)22-16(13-8-2-1-3-9-13)15(24)10-12-6-4-5-7-12/h1-3,8-9,11-12,16H,4-7,10H2,(H,21,22,23)/t16-/m0/s1. The highest BCUT2D eigenvalue weighted by Crippen LogP contribution is 2.32. The second-order valence-corrected chi connectivity index (χ2v) is 6.89. The van der Waals surface area contributed by atoms with Gasteiger partial charge in [-0.2, -0.15) is 4.98 Å². The van der Waals surface area contributed by atoms with Crippen molar-refractivity contribution in [1.82, 2.24) is 9.97 Å². The molecule has 0 unspecified atom stereocenters. The Bertz CT molecular complexity index is 703. The van der Waals surface area contributed by atoms with E-state index < -0.39 is 6.04 Å². The Kier molecular flexibility index (Phi) is 5.69. The average molecular weight is 364 g/mol. The molecule has 1 aromatic carbocycles. The summed E-state index contributed by atoms with van der Waals surface area (Å²) in [5.74, 6) is 1.01. The normalized spacial score (nSPS) is 16.1. The van der Waals surface area contributed by atoms with E-state index in [0.29, 0.717) is 23.2 Å². The zero-order valence-corrected chi connectivity index (χ0v) is 14.7. The van der Waals surface area contributed by atoms with Gasteiger partial charge >= 0.3 is 0 Å². The Morgan fingerprint density at radius 3 is 2.62 bits per heavy atom. The molecule has 0 bridgehead atoms. The first kappa shape index (κ1) is 17.2. The van der Waals surface area contributed by atoms with Crippen molar-refractivity contribution >= 4 is 34.8 Å². The molecule has 0 radical (unpaired) electrons. The minimum atomic E-state index is -0.490. The highest BCUT2D eigenvalue weighted by atomic mass is 35.5. The zero-order valence-electron chi connectivity index (χ0n) is 13.2. The molecule has 0 saturated heterocycles. The molecule has 0 amide bonds. The van der Waals surface area contributed by atoms with E-state index in [9.17, 15) is 4.79 Å². The van der Waals surface area contributed by atoms with Gasteiger partial charge in [0.1, 0.15) is 11.1 Å². The number of ketones is 1. The van der Waals surface area contributed by atoms with Gasteiger partial charge in [0.05, 0.1) is 6.20 Å². The molecule has 1 atom stereocenters. The Morgan fingerprint density at radius 2 is 1.92 bits per heavy atom. The number of hydrogen-bond acceptors (Lipinski definition) is 4. The van der Waals surface area contributed by atoms with Gasteiger partial charge in [0.15, 0.2) is 11.6 Å². The van der Waals surface area contributed by atoms with Gasteiger partial charge in [-0.05, 0) is 23.1 Å². The minimum Gasteiger partial charge on any atom is -0.355 e. The van der Waals surface area contributed by atoms with Crippen LogP contribution in [0.2, 0.25) is 10.3 Å². The number of nitrogens with one attached hydrogen (secondary N) is 1. The fourth-order valence-corrected chi connectivity index (χ4v) is 3.47. The van der Waals surface area contributed by atoms with Gasteiger partial charge in [0, 0.05) is 6.42 Å². The van der Waals surface area contributed by atoms with Crippen LogP contribution in [-0.4, -0.2) is 15.8 Å². The quantitative estimate of drug-likeness (QED) is 0.726. The molecule has 126 valence electrons. The number of hydrogen-bond donors (Lipinski definition) is 1. The van der Waals surface area contributed by atoms with Crippen LogP contribution in [0.15, 0.2) is 36.5 Å². The second-order valence-electron chi connectivity index (χ2n) is 6.14. The van der Waals surface area contributed by atoms with Crippen LogP contribution >= 0.6 is 23.2 Å². The molecule has 3 rings (SSSR count). The molecule has 2 aromatic rings. The Morgan fingerprint density at radius 1 is 1.21 bits per heavy atom. The van der Waals surface area contributed by atoms with Gasteiger partial charge in [0.2, 0.25) is 5.28 Å². The van der Waals surface area contributed by atoms with Crippen molar-refractivity contribution in [3.05, 3.63) is 52.4 Å². The van der Waals surface area contributed by atoms with E-state index in [-0.39, 0.29) is 11.1 Å². The molecule has 0 aliphatic heterocycles. The second kappa shape index (κ2) is 7.95. The van der Waals surface area contributed by atoms with Crippen LogP contribution in [0.25, 0.3) is 0 Å². The van der Waals surface area contributed by atoms with Gasteiger partial charge in [0.25, 0.3) is 0 Å². The number of benzene rings is 1. The SMILES string of the molecule is O=C(CC1CCCC1)[C@@H](Nc1nc(Cl)ncc1Cl)c1ccccc1. The summed E-state index contributed by atoms with van der Waals surface area (Å²) in [4.78, 5) is 20.9. The van der Waals surface area contributed by atoms with Crippen molar-refractivity contribution in [2.45, 2.75) is 38.1 Å². The Labute approximate surface area is 151 Å². The third-order valence-electron chi connectivity index (χ3n) is 4.42. The van der Waals surface area contributed by atoms with Crippen LogP contribution in [0.3, 0.4) is 0 Å². The summed E-state index contributed by atoms with van der Waals surface area (Å²) in [5, 5.41) is 3.60. The Balaban J connectivity index is 1.84. The minimum absolute atomic E-state index is 0.0944. The summed E-state index contributed by atoms with van der Waals surface area (Å²) in [6.07, 6.45) is 6.70. The highest BCUT2D eigenvalue weighted by Gasteiger charge is 2.26. The smallest absolute Gasteiger partial charge is 0.224 e. The average Bonchev–Trinajstić information content (AvgIpc) is 3.09. The van der Waals surface area contributed by atoms with Crippen molar-refractivity contribution in [3.8, 4) is 0 Å². The van der Waals surface area contributed by atoms with Crippen LogP contribution in [0, 0.1) is 5.92 Å². The number of halogens is 2. The van der Waals surface area contributed by atoms with Crippen molar-refractivity contribution < 1.29 is 4.79 Å². The topological polar surface area (TPSA) is 54.9 Å². The van der Waals surface area contributed by atoms with Crippen LogP contribution in [0.5, 0.6) is 0 Å². The molecular weight excluding hydrogens is 345 g/mol. The van der Waals surface area contributed by atoms with E-state index in [1.54, 1.807) is 0 Å². The zero-order chi connectivity index (χ0) is 16.9. The summed E-state index contributed by atoms with van der Waals surface area (Å²) in [6.45, 7) is 0. The van der Waals surface area contributed by atoms with Gasteiger partial charge < -0.3 is 5.32 Å². The summed E-state index contributed by atoms with van der Waals surface area (Å²) in [6, 6.07) is 9.14. The van der Waals surface area contributed by atoms with E-state index in [0.717, 1.165) is 18.4 Å². The van der Waals surface area contributed by atoms with E-state index in [4.69, 9.17) is 23.2 Å². The predicted octanol–water partition coefficient (Wildman–Crippen LogP) is 5.09. The van der Waals surface area contributed by atoms with Crippen LogP contribution in [0.4, 0.5) is 5.82 Å². The lowest BCUT2D eigenvalue weighted by Gasteiger charge is -2.21. The van der Waals surface area contributed by atoms with Crippen molar-refractivity contribution in [2.75, 3.05) is 5.32 Å². The van der Waals surface area contributed by atoms with Gasteiger partial charge in [-0.3, -0.25) is 4.79 Å². The maximum absolute atomic E-state index is 12.9. The summed E-state index contributed by atoms with van der Waals surface area (Å²) in [7, 11) is 0. The molecule has 0 spiro atoms. The summed E-state index contributed by atoms with van der Waals surface area (Å²) >= 11 is 12.0. The summed E-state index contributed by atoms with van der Waals surface area (Å²) in [5.41, 5.74) is 0.895. The number of aromatic nitrogens is 2. The molecular formula is C18H19Cl2N3O. The lowest BCUT2D eigenvalue weighted by Crippen LogP contribution is -2.23. The van der Waals surface area contributed by atoms with Crippen LogP contribution in [0.1, 0.15) is 43.7 Å². The number of nitrogens with zero attached hydrogens (tertiary/aromatic N) is 2. The van der Waals surface area contributed by atoms with Gasteiger partial charge in [-0.15, -0.1) is 0 Å². The number of carbonyl (C=O) groups excluding carboxylic acids is 1. The van der Waals surface area contributed by atoms with Gasteiger partial charge in [-0.1, -0.05) is 67.6 Å². The third-order valence-corrected chi connectivity index (χ3v) is 4.87. The van der Waals surface area contributed by atoms with Crippen molar-refractivity contribution in [1.29, 1.82) is 0 Å². The van der Waals surface area contributed by atoms with Gasteiger partial charge in [-0.25, -0.2) is 4.98 Å². The molecule has 1 heterocycles. The number of anilines is 1. The lowest BCUT2D eigenvalue weighted by molar-refractivity contribution is -0.120. The largest absolute Gasteiger partial charge is 0.355 e. The molecule has 1 aliphatic rings. The first-order valence-corrected chi connectivity index (χ1v) is 8.91. The molecule has 1 aromatic heterocycles. The Hall–Kier alpha value is -1.65. The number of carbonyl (C=O) groups is 1. The van der Waals surface area contributed by atoms with Crippen molar-refractivity contribution in [3.63, 3.8) is 0 Å². The number of Topliss-reactive ketones (excluding diaryl/α,β-unsaturated/α-hetero) is 1. The fourth-order valence-electron chi connectivity index (χ4n) is 3.20. The molecule has 1 N–H and O–H groups in total. The fraction of sp³-hybridized carbons (Fsp3) is 0.389. The third kappa shape index (κ3) is 4.25. The van der Waals surface area contributed by atoms with E-state index in [1.807, 2.05) is 30.3 Å². The van der Waals surface area contributed by atoms with Crippen molar-refractivity contribution in [2.24, 2.45) is 5.92 Å². The first-order valence-electron chi connectivity index (χ1n) is 8.15.